The molecule has 8 nitrogen and oxygen atoms in total. The molecule has 0 radical (unpaired) electrons. The molecule has 4 heterocycles. The molecule has 0 amide bonds. The third kappa shape index (κ3) is 4.26. The largest absolute Gasteiger partial charge is 0.312 e. The summed E-state index contributed by atoms with van der Waals surface area (Å²) >= 11 is 0. The number of hydrogen-bond acceptors (Lipinski definition) is 6. The van der Waals surface area contributed by atoms with E-state index in [-0.39, 0.29) is 12.4 Å². The van der Waals surface area contributed by atoms with Gasteiger partial charge in [0.05, 0.1) is 24.1 Å². The fourth-order valence-corrected chi connectivity index (χ4v) is 4.55. The molecule has 1 saturated heterocycles. The summed E-state index contributed by atoms with van der Waals surface area (Å²) < 4.78 is 2.33. The van der Waals surface area contributed by atoms with Crippen molar-refractivity contribution in [1.82, 2.24) is 40.0 Å². The minimum absolute atomic E-state index is 0. The Morgan fingerprint density at radius 3 is 2.57 bits per heavy atom. The Morgan fingerprint density at radius 2 is 1.80 bits per heavy atom. The fraction of sp³-hybridized carbons (Fsp3) is 0.524. The molecule has 9 heteroatoms. The summed E-state index contributed by atoms with van der Waals surface area (Å²) in [6.07, 6.45) is 4.14. The second kappa shape index (κ2) is 8.83. The maximum absolute atomic E-state index is 4.71. The van der Waals surface area contributed by atoms with Gasteiger partial charge in [-0.2, -0.15) is 15.0 Å². The second-order valence-electron chi connectivity index (χ2n) is 8.32. The van der Waals surface area contributed by atoms with Crippen LogP contribution in [0.25, 0.3) is 5.69 Å². The Hall–Kier alpha value is -2.29. The third-order valence-electron chi connectivity index (χ3n) is 5.97. The van der Waals surface area contributed by atoms with E-state index in [4.69, 9.17) is 5.10 Å². The molecule has 1 N–H and O–H groups in total. The average molecular weight is 429 g/mol. The number of rotatable bonds is 4. The summed E-state index contributed by atoms with van der Waals surface area (Å²) in [5, 5.41) is 21.5. The topological polar surface area (TPSA) is 76.7 Å². The van der Waals surface area contributed by atoms with Gasteiger partial charge in [-0.15, -0.1) is 22.6 Å². The molecule has 2 aromatic heterocycles. The number of fused-ring (bicyclic) bond motifs is 1. The van der Waals surface area contributed by atoms with Crippen LogP contribution >= 0.6 is 12.4 Å². The molecule has 0 spiro atoms. The first-order chi connectivity index (χ1) is 14.2. The van der Waals surface area contributed by atoms with Crippen molar-refractivity contribution in [2.45, 2.75) is 52.2 Å². The first-order valence-electron chi connectivity index (χ1n) is 10.5. The van der Waals surface area contributed by atoms with Crippen LogP contribution in [0.4, 0.5) is 0 Å². The second-order valence-corrected chi connectivity index (χ2v) is 8.32. The zero-order valence-corrected chi connectivity index (χ0v) is 18.4. The maximum atomic E-state index is 4.71. The molecule has 0 bridgehead atoms. The molecule has 1 aromatic carbocycles. The van der Waals surface area contributed by atoms with Crippen molar-refractivity contribution in [3.63, 3.8) is 0 Å². The lowest BCUT2D eigenvalue weighted by Gasteiger charge is -2.31. The molecule has 0 saturated carbocycles. The number of nitrogens with zero attached hydrogens (tertiary/aromatic N) is 7. The lowest BCUT2D eigenvalue weighted by molar-refractivity contribution is 0.197. The first kappa shape index (κ1) is 21.0. The van der Waals surface area contributed by atoms with Crippen molar-refractivity contribution in [3.05, 3.63) is 52.9 Å². The minimum atomic E-state index is 0. The molecule has 5 rings (SSSR count). The highest BCUT2D eigenvalue weighted by molar-refractivity contribution is 5.85. The Bertz CT molecular complexity index is 982. The minimum Gasteiger partial charge on any atom is -0.312 e. The first-order valence-corrected chi connectivity index (χ1v) is 10.5. The van der Waals surface area contributed by atoms with E-state index in [1.54, 1.807) is 4.80 Å². The Morgan fingerprint density at radius 1 is 1.03 bits per heavy atom. The monoisotopic (exact) mass is 428 g/mol. The van der Waals surface area contributed by atoms with Crippen molar-refractivity contribution < 1.29 is 0 Å². The number of aromatic nitrogens is 6. The van der Waals surface area contributed by atoms with Crippen molar-refractivity contribution in [3.8, 4) is 5.69 Å². The van der Waals surface area contributed by atoms with Crippen LogP contribution < -0.4 is 5.32 Å². The van der Waals surface area contributed by atoms with Gasteiger partial charge in [-0.25, -0.2) is 0 Å². The summed E-state index contributed by atoms with van der Waals surface area (Å²) in [4.78, 5) is 4.22. The number of aryl methyl sites for hydroxylation is 2. The molecule has 0 atom stereocenters. The van der Waals surface area contributed by atoms with Gasteiger partial charge in [0.1, 0.15) is 11.6 Å². The molecule has 1 fully saturated rings. The van der Waals surface area contributed by atoms with E-state index in [2.05, 4.69) is 62.1 Å². The van der Waals surface area contributed by atoms with E-state index in [9.17, 15) is 0 Å². The number of halogens is 1. The zero-order chi connectivity index (χ0) is 19.8. The molecule has 30 heavy (non-hydrogen) atoms. The molecule has 160 valence electrons. The maximum Gasteiger partial charge on any atom is 0.147 e. The number of likely N-dealkylation sites (tertiary alicyclic amines) is 1. The van der Waals surface area contributed by atoms with Gasteiger partial charge >= 0.3 is 0 Å². The third-order valence-corrected chi connectivity index (χ3v) is 5.97. The van der Waals surface area contributed by atoms with E-state index in [0.29, 0.717) is 5.92 Å². The quantitative estimate of drug-likeness (QED) is 0.687. The van der Waals surface area contributed by atoms with E-state index >= 15 is 0 Å². The van der Waals surface area contributed by atoms with E-state index < -0.39 is 0 Å². The van der Waals surface area contributed by atoms with Crippen molar-refractivity contribution in [2.24, 2.45) is 0 Å². The van der Waals surface area contributed by atoms with E-state index in [1.165, 1.54) is 17.0 Å². The van der Waals surface area contributed by atoms with Crippen molar-refractivity contribution in [2.75, 3.05) is 19.6 Å². The van der Waals surface area contributed by atoms with Gasteiger partial charge in [-0.1, -0.05) is 6.07 Å². The predicted molar refractivity (Wildman–Crippen MR) is 117 cm³/mol. The lowest BCUT2D eigenvalue weighted by atomic mass is 9.95. The van der Waals surface area contributed by atoms with Gasteiger partial charge in [-0.3, -0.25) is 4.90 Å². The zero-order valence-electron chi connectivity index (χ0n) is 17.6. The number of piperidine rings is 1. The van der Waals surface area contributed by atoms with Gasteiger partial charge in [0.25, 0.3) is 0 Å². The lowest BCUT2D eigenvalue weighted by Crippen LogP contribution is -2.34. The molecule has 0 aliphatic carbocycles. The average Bonchev–Trinajstić information content (AvgIpc) is 3.35. The molecule has 2 aliphatic rings. The summed E-state index contributed by atoms with van der Waals surface area (Å²) in [7, 11) is 0. The highest BCUT2D eigenvalue weighted by Gasteiger charge is 2.27. The van der Waals surface area contributed by atoms with Crippen LogP contribution in [-0.4, -0.2) is 54.3 Å². The molecule has 2 aliphatic heterocycles. The standard InChI is InChI=1S/C21H28N8.ClH/c1-15-9-16(2)11-19(10-15)29-23-12-18(26-29)14-27-6-3-17(4-7-27)21-25-24-20-13-22-5-8-28(20)21;/h9-12,17,22H,3-8,13-14H2,1-2H3;1H. The summed E-state index contributed by atoms with van der Waals surface area (Å²) in [6.45, 7) is 10.00. The normalized spacial score (nSPS) is 17.5. The molecule has 0 unspecified atom stereocenters. The number of nitrogens with one attached hydrogen (secondary N) is 1. The smallest absolute Gasteiger partial charge is 0.147 e. The Labute approximate surface area is 183 Å². The number of benzene rings is 1. The molecular formula is C21H29ClN8. The van der Waals surface area contributed by atoms with Gasteiger partial charge in [0, 0.05) is 25.6 Å². The fourth-order valence-electron chi connectivity index (χ4n) is 4.55. The van der Waals surface area contributed by atoms with Gasteiger partial charge in [0.2, 0.25) is 0 Å². The predicted octanol–water partition coefficient (Wildman–Crippen LogP) is 2.38. The van der Waals surface area contributed by atoms with Gasteiger partial charge < -0.3 is 9.88 Å². The highest BCUT2D eigenvalue weighted by atomic mass is 35.5. The van der Waals surface area contributed by atoms with Crippen LogP contribution in [0.3, 0.4) is 0 Å². The number of hydrogen-bond donors (Lipinski definition) is 1. The van der Waals surface area contributed by atoms with Crippen molar-refractivity contribution in [1.29, 1.82) is 0 Å². The van der Waals surface area contributed by atoms with Crippen LogP contribution in [0.1, 0.15) is 47.2 Å². The van der Waals surface area contributed by atoms with Crippen LogP contribution in [-0.2, 0) is 19.6 Å². The van der Waals surface area contributed by atoms with Crippen molar-refractivity contribution >= 4 is 12.4 Å². The Kier molecular flexibility index (Phi) is 6.17. The van der Waals surface area contributed by atoms with Crippen LogP contribution in [0.5, 0.6) is 0 Å². The summed E-state index contributed by atoms with van der Waals surface area (Å²) in [5.41, 5.74) is 4.51. The van der Waals surface area contributed by atoms with Crippen LogP contribution in [0, 0.1) is 13.8 Å². The summed E-state index contributed by atoms with van der Waals surface area (Å²) in [6, 6.07) is 6.41. The SMILES string of the molecule is Cc1cc(C)cc(-n2ncc(CN3CCC(c4nnc5n4CCNC5)CC3)n2)c1.Cl. The van der Waals surface area contributed by atoms with E-state index in [1.807, 2.05) is 6.20 Å². The van der Waals surface area contributed by atoms with Crippen LogP contribution in [0.15, 0.2) is 24.4 Å². The van der Waals surface area contributed by atoms with Gasteiger partial charge in [0.15, 0.2) is 0 Å². The van der Waals surface area contributed by atoms with Crippen LogP contribution in [0.2, 0.25) is 0 Å². The summed E-state index contributed by atoms with van der Waals surface area (Å²) in [5.74, 6) is 2.77. The highest BCUT2D eigenvalue weighted by Crippen LogP contribution is 2.28. The van der Waals surface area contributed by atoms with E-state index in [0.717, 1.165) is 69.3 Å². The Balaban J connectivity index is 0.00000218. The molecular weight excluding hydrogens is 400 g/mol. The molecule has 3 aromatic rings. The van der Waals surface area contributed by atoms with Gasteiger partial charge in [-0.05, 0) is 63.0 Å².